The predicted molar refractivity (Wildman–Crippen MR) is 115 cm³/mol. The summed E-state index contributed by atoms with van der Waals surface area (Å²) in [5.41, 5.74) is 5.02. The van der Waals surface area contributed by atoms with Gasteiger partial charge in [0.15, 0.2) is 0 Å². The summed E-state index contributed by atoms with van der Waals surface area (Å²) in [6.45, 7) is 4.17. The summed E-state index contributed by atoms with van der Waals surface area (Å²) in [6.07, 6.45) is 1.63. The summed E-state index contributed by atoms with van der Waals surface area (Å²) >= 11 is 0. The lowest BCUT2D eigenvalue weighted by atomic mass is 9.98. The maximum atomic E-state index is 12.7. The van der Waals surface area contributed by atoms with Crippen molar-refractivity contribution >= 4 is 0 Å². The molecule has 7 nitrogen and oxygen atoms in total. The fourth-order valence-electron chi connectivity index (χ4n) is 3.60. The van der Waals surface area contributed by atoms with Gasteiger partial charge in [-0.2, -0.15) is 5.21 Å². The molecule has 7 heteroatoms. The van der Waals surface area contributed by atoms with Crippen LogP contribution in [-0.4, -0.2) is 30.3 Å². The van der Waals surface area contributed by atoms with Crippen molar-refractivity contribution < 1.29 is 5.11 Å². The molecule has 2 aromatic heterocycles. The maximum Gasteiger partial charge on any atom is 0.257 e. The first-order valence-corrected chi connectivity index (χ1v) is 9.93. The van der Waals surface area contributed by atoms with E-state index in [0.29, 0.717) is 17.9 Å². The number of aromatic amines is 1. The highest BCUT2D eigenvalue weighted by Gasteiger charge is 2.13. The molecular formula is C23H23N5O2. The predicted octanol–water partition coefficient (Wildman–Crippen LogP) is 3.71. The largest absolute Gasteiger partial charge is 0.507 e. The van der Waals surface area contributed by atoms with Crippen LogP contribution >= 0.6 is 0 Å². The normalized spacial score (nSPS) is 11.0. The van der Waals surface area contributed by atoms with Crippen LogP contribution in [0.3, 0.4) is 0 Å². The Labute approximate surface area is 174 Å². The quantitative estimate of drug-likeness (QED) is 0.513. The van der Waals surface area contributed by atoms with E-state index >= 15 is 0 Å². The Morgan fingerprint density at radius 2 is 1.80 bits per heavy atom. The number of rotatable bonds is 6. The van der Waals surface area contributed by atoms with Gasteiger partial charge < -0.3 is 9.67 Å². The summed E-state index contributed by atoms with van der Waals surface area (Å²) in [5.74, 6) is 0.609. The van der Waals surface area contributed by atoms with Crippen LogP contribution in [0.1, 0.15) is 30.2 Å². The van der Waals surface area contributed by atoms with Gasteiger partial charge in [-0.05, 0) is 41.3 Å². The number of nitrogens with zero attached hydrogens (tertiary/aromatic N) is 4. The first-order chi connectivity index (χ1) is 14.6. The molecule has 0 bridgehead atoms. The Balaban J connectivity index is 1.67. The Bertz CT molecular complexity index is 1210. The molecule has 0 aliphatic heterocycles. The van der Waals surface area contributed by atoms with E-state index in [1.165, 1.54) is 0 Å². The number of H-pyrrole nitrogens is 1. The molecule has 2 aromatic carbocycles. The average molecular weight is 401 g/mol. The fourth-order valence-corrected chi connectivity index (χ4v) is 3.60. The first-order valence-electron chi connectivity index (χ1n) is 9.93. The molecule has 152 valence electrons. The highest BCUT2D eigenvalue weighted by molar-refractivity contribution is 5.80. The Morgan fingerprint density at radius 1 is 1.07 bits per heavy atom. The summed E-state index contributed by atoms with van der Waals surface area (Å²) in [4.78, 5) is 12.7. The fraction of sp³-hybridized carbons (Fsp3) is 0.217. The van der Waals surface area contributed by atoms with Gasteiger partial charge in [-0.25, -0.2) is 0 Å². The topological polar surface area (TPSA) is 96.7 Å². The second-order valence-corrected chi connectivity index (χ2v) is 7.27. The van der Waals surface area contributed by atoms with E-state index in [2.05, 4.69) is 27.5 Å². The molecule has 2 N–H and O–H groups in total. The third kappa shape index (κ3) is 3.74. The van der Waals surface area contributed by atoms with Crippen molar-refractivity contribution in [3.8, 4) is 28.3 Å². The van der Waals surface area contributed by atoms with Gasteiger partial charge in [0, 0.05) is 11.3 Å². The summed E-state index contributed by atoms with van der Waals surface area (Å²) in [5, 5.41) is 24.4. The molecule has 0 spiro atoms. The van der Waals surface area contributed by atoms with E-state index in [1.807, 2.05) is 48.5 Å². The van der Waals surface area contributed by atoms with Crippen molar-refractivity contribution in [1.82, 2.24) is 25.2 Å². The van der Waals surface area contributed by atoms with Crippen molar-refractivity contribution in [2.45, 2.75) is 33.2 Å². The van der Waals surface area contributed by atoms with Crippen LogP contribution in [0.2, 0.25) is 0 Å². The molecule has 2 heterocycles. The van der Waals surface area contributed by atoms with Crippen LogP contribution in [-0.2, 0) is 13.0 Å². The second-order valence-electron chi connectivity index (χ2n) is 7.27. The van der Waals surface area contributed by atoms with Crippen LogP contribution < -0.4 is 5.56 Å². The van der Waals surface area contributed by atoms with Gasteiger partial charge in [0.2, 0.25) is 5.82 Å². The van der Waals surface area contributed by atoms with Crippen LogP contribution in [0, 0.1) is 6.92 Å². The second kappa shape index (κ2) is 8.32. The molecule has 0 fully saturated rings. The zero-order valence-electron chi connectivity index (χ0n) is 17.0. The van der Waals surface area contributed by atoms with Crippen LogP contribution in [0.4, 0.5) is 0 Å². The number of aryl methyl sites for hydroxylation is 1. The Morgan fingerprint density at radius 3 is 2.47 bits per heavy atom. The minimum absolute atomic E-state index is 0.0631. The number of hydrogen-bond acceptors (Lipinski definition) is 5. The van der Waals surface area contributed by atoms with Crippen LogP contribution in [0.5, 0.6) is 5.75 Å². The number of nitrogens with one attached hydrogen (secondary N) is 1. The maximum absolute atomic E-state index is 12.7. The van der Waals surface area contributed by atoms with Crippen LogP contribution in [0.25, 0.3) is 22.5 Å². The van der Waals surface area contributed by atoms with Gasteiger partial charge in [-0.15, -0.1) is 10.2 Å². The van der Waals surface area contributed by atoms with Crippen molar-refractivity contribution in [1.29, 1.82) is 0 Å². The SMILES string of the molecule is CCCc1cc(O)c(C)c(=O)n1Cc1ccc(-c2ccccc2-c2nn[nH]n2)cc1. The number of aromatic hydroxyl groups is 1. The minimum atomic E-state index is -0.148. The number of pyridine rings is 1. The number of tetrazole rings is 1. The third-order valence-electron chi connectivity index (χ3n) is 5.23. The molecule has 0 atom stereocenters. The van der Waals surface area contributed by atoms with Crippen molar-refractivity contribution in [2.75, 3.05) is 0 Å². The van der Waals surface area contributed by atoms with Crippen molar-refractivity contribution in [2.24, 2.45) is 0 Å². The number of aromatic nitrogens is 5. The molecular weight excluding hydrogens is 378 g/mol. The average Bonchev–Trinajstić information content (AvgIpc) is 3.30. The van der Waals surface area contributed by atoms with Gasteiger partial charge in [-0.1, -0.05) is 61.9 Å². The molecule has 4 rings (SSSR count). The van der Waals surface area contributed by atoms with E-state index in [9.17, 15) is 9.90 Å². The highest BCUT2D eigenvalue weighted by Crippen LogP contribution is 2.29. The zero-order valence-corrected chi connectivity index (χ0v) is 17.0. The van der Waals surface area contributed by atoms with Gasteiger partial charge in [0.25, 0.3) is 5.56 Å². The molecule has 0 unspecified atom stereocenters. The van der Waals surface area contributed by atoms with E-state index in [0.717, 1.165) is 40.8 Å². The molecule has 30 heavy (non-hydrogen) atoms. The first kappa shape index (κ1) is 19.6. The summed E-state index contributed by atoms with van der Waals surface area (Å²) in [7, 11) is 0. The molecule has 0 aliphatic carbocycles. The van der Waals surface area contributed by atoms with Gasteiger partial charge in [-0.3, -0.25) is 4.79 Å². The monoisotopic (exact) mass is 401 g/mol. The standard InChI is InChI=1S/C23H23N5O2/c1-3-6-18-13-21(29)15(2)23(30)28(18)14-16-9-11-17(12-10-16)19-7-4-5-8-20(19)22-24-26-27-25-22/h4-5,7-13,29H,3,6,14H2,1-2H3,(H,24,25,26,27). The molecule has 0 saturated carbocycles. The summed E-state index contributed by atoms with van der Waals surface area (Å²) < 4.78 is 1.75. The van der Waals surface area contributed by atoms with E-state index in [-0.39, 0.29) is 11.3 Å². The molecule has 0 radical (unpaired) electrons. The summed E-state index contributed by atoms with van der Waals surface area (Å²) in [6, 6.07) is 17.7. The zero-order chi connectivity index (χ0) is 21.1. The van der Waals surface area contributed by atoms with Crippen LogP contribution in [0.15, 0.2) is 59.4 Å². The van der Waals surface area contributed by atoms with E-state index in [4.69, 9.17) is 0 Å². The van der Waals surface area contributed by atoms with E-state index in [1.54, 1.807) is 17.6 Å². The molecule has 0 saturated heterocycles. The lowest BCUT2D eigenvalue weighted by Crippen LogP contribution is -2.26. The Kier molecular flexibility index (Phi) is 5.43. The lowest BCUT2D eigenvalue weighted by Gasteiger charge is -2.15. The molecule has 4 aromatic rings. The third-order valence-corrected chi connectivity index (χ3v) is 5.23. The number of hydrogen-bond donors (Lipinski definition) is 2. The number of benzene rings is 2. The lowest BCUT2D eigenvalue weighted by molar-refractivity contribution is 0.463. The van der Waals surface area contributed by atoms with Gasteiger partial charge in [0.1, 0.15) is 5.75 Å². The molecule has 0 amide bonds. The van der Waals surface area contributed by atoms with E-state index < -0.39 is 0 Å². The van der Waals surface area contributed by atoms with Crippen molar-refractivity contribution in [3.63, 3.8) is 0 Å². The minimum Gasteiger partial charge on any atom is -0.507 e. The molecule has 0 aliphatic rings. The van der Waals surface area contributed by atoms with Crippen molar-refractivity contribution in [3.05, 3.63) is 81.8 Å². The van der Waals surface area contributed by atoms with Gasteiger partial charge in [0.05, 0.1) is 12.1 Å². The smallest absolute Gasteiger partial charge is 0.257 e. The van der Waals surface area contributed by atoms with Gasteiger partial charge >= 0.3 is 0 Å². The Hall–Kier alpha value is -3.74. The highest BCUT2D eigenvalue weighted by atomic mass is 16.3.